The Kier molecular flexibility index (Phi) is 65.9. The van der Waals surface area contributed by atoms with Gasteiger partial charge >= 0.3 is 39.5 Å². The first-order valence-electron chi connectivity index (χ1n) is 36.4. The Bertz CT molecular complexity index is 2530. The van der Waals surface area contributed by atoms with Crippen LogP contribution in [-0.4, -0.2) is 96.7 Å². The Morgan fingerprint density at radius 2 is 0.612 bits per heavy atom. The number of esters is 4. The zero-order valence-electron chi connectivity index (χ0n) is 60.1. The lowest BCUT2D eigenvalue weighted by molar-refractivity contribution is -0.161. The second-order valence-corrected chi connectivity index (χ2v) is 26.3. The largest absolute Gasteiger partial charge is 0.472 e. The van der Waals surface area contributed by atoms with Gasteiger partial charge in [-0.25, -0.2) is 9.13 Å². The van der Waals surface area contributed by atoms with Crippen LogP contribution in [0.3, 0.4) is 0 Å². The maximum atomic E-state index is 13.0. The van der Waals surface area contributed by atoms with Crippen LogP contribution in [0.4, 0.5) is 0 Å². The number of phosphoric acid groups is 2. The van der Waals surface area contributed by atoms with E-state index in [4.69, 9.17) is 37.0 Å². The van der Waals surface area contributed by atoms with Crippen molar-refractivity contribution in [1.29, 1.82) is 0 Å². The molecule has 0 aromatic heterocycles. The molecule has 0 saturated heterocycles. The summed E-state index contributed by atoms with van der Waals surface area (Å²) in [5.74, 6) is -2.47. The Hall–Kier alpha value is -5.58. The summed E-state index contributed by atoms with van der Waals surface area (Å²) in [4.78, 5) is 72.6. The monoisotopic (exact) mass is 1410 g/mol. The number of aliphatic hydroxyl groups is 1. The molecule has 0 bridgehead atoms. The maximum absolute atomic E-state index is 13.0. The summed E-state index contributed by atoms with van der Waals surface area (Å²) in [6.07, 6.45) is 81.3. The van der Waals surface area contributed by atoms with Crippen LogP contribution in [0, 0.1) is 0 Å². The number of hydrogen-bond acceptors (Lipinski definition) is 15. The van der Waals surface area contributed by atoms with Crippen molar-refractivity contribution in [3.8, 4) is 0 Å². The van der Waals surface area contributed by atoms with Gasteiger partial charge in [0.1, 0.15) is 19.3 Å². The highest BCUT2D eigenvalue weighted by molar-refractivity contribution is 7.47. The molecular formula is C79H126O17P2. The van der Waals surface area contributed by atoms with Crippen molar-refractivity contribution >= 4 is 39.5 Å². The van der Waals surface area contributed by atoms with Crippen molar-refractivity contribution in [2.45, 2.75) is 264 Å². The van der Waals surface area contributed by atoms with E-state index in [9.17, 15) is 43.2 Å². The molecule has 0 heterocycles. The predicted octanol–water partition coefficient (Wildman–Crippen LogP) is 20.7. The van der Waals surface area contributed by atoms with Crippen molar-refractivity contribution in [2.24, 2.45) is 0 Å². The molecule has 554 valence electrons. The van der Waals surface area contributed by atoms with E-state index in [1.165, 1.54) is 12.8 Å². The van der Waals surface area contributed by atoms with E-state index < -0.39 is 97.5 Å². The molecule has 0 radical (unpaired) electrons. The van der Waals surface area contributed by atoms with Gasteiger partial charge in [-0.2, -0.15) is 0 Å². The fraction of sp³-hybridized carbons (Fsp3) is 0.595. The summed E-state index contributed by atoms with van der Waals surface area (Å²) in [5, 5.41) is 10.6. The second-order valence-electron chi connectivity index (χ2n) is 23.4. The van der Waals surface area contributed by atoms with Crippen LogP contribution in [0.2, 0.25) is 0 Å². The predicted molar refractivity (Wildman–Crippen MR) is 399 cm³/mol. The maximum Gasteiger partial charge on any atom is 0.472 e. The van der Waals surface area contributed by atoms with E-state index in [0.29, 0.717) is 32.1 Å². The minimum absolute atomic E-state index is 0.00998. The molecule has 5 atom stereocenters. The van der Waals surface area contributed by atoms with Crippen LogP contribution in [-0.2, 0) is 65.4 Å². The first-order valence-corrected chi connectivity index (χ1v) is 39.4. The molecule has 0 rings (SSSR count). The third-order valence-electron chi connectivity index (χ3n) is 14.2. The summed E-state index contributed by atoms with van der Waals surface area (Å²) < 4.78 is 68.0. The fourth-order valence-electron chi connectivity index (χ4n) is 8.69. The average molecular weight is 1410 g/mol. The summed E-state index contributed by atoms with van der Waals surface area (Å²) >= 11 is 0. The van der Waals surface area contributed by atoms with Gasteiger partial charge in [0.05, 0.1) is 32.8 Å². The number of allylic oxidation sites excluding steroid dienone is 27. The molecule has 98 heavy (non-hydrogen) atoms. The number of carbonyl (C=O) groups excluding carboxylic acids is 4. The number of rotatable bonds is 66. The molecule has 17 nitrogen and oxygen atoms in total. The van der Waals surface area contributed by atoms with Crippen LogP contribution in [0.25, 0.3) is 0 Å². The summed E-state index contributed by atoms with van der Waals surface area (Å²) in [6.45, 7) is 4.26. The molecule has 5 unspecified atom stereocenters. The van der Waals surface area contributed by atoms with E-state index in [0.717, 1.165) is 148 Å². The fourth-order valence-corrected chi connectivity index (χ4v) is 10.3. The van der Waals surface area contributed by atoms with Crippen LogP contribution in [0.5, 0.6) is 0 Å². The Morgan fingerprint density at radius 1 is 0.306 bits per heavy atom. The highest BCUT2D eigenvalue weighted by Crippen LogP contribution is 2.45. The number of ether oxygens (including phenoxy) is 4. The van der Waals surface area contributed by atoms with Gasteiger partial charge in [-0.3, -0.25) is 37.3 Å². The first kappa shape index (κ1) is 92.4. The third kappa shape index (κ3) is 68.9. The van der Waals surface area contributed by atoms with Gasteiger partial charge in [-0.05, 0) is 135 Å². The average Bonchev–Trinajstić information content (AvgIpc) is 0.992. The van der Waals surface area contributed by atoms with Gasteiger partial charge in [0, 0.05) is 19.3 Å². The van der Waals surface area contributed by atoms with Gasteiger partial charge in [-0.1, -0.05) is 256 Å². The zero-order chi connectivity index (χ0) is 71.8. The van der Waals surface area contributed by atoms with E-state index in [-0.39, 0.29) is 25.7 Å². The molecule has 0 fully saturated rings. The number of carbonyl (C=O) groups is 4. The molecule has 0 aromatic rings. The molecule has 0 aliphatic carbocycles. The molecule has 0 saturated carbocycles. The van der Waals surface area contributed by atoms with Crippen LogP contribution in [0.15, 0.2) is 170 Å². The SMILES string of the molecule is CC/C=C\C/C=C\C/C=C\C/C=C\C/C=C\C/C=C\CCC(=O)OCC(COP(=O)(O)OCC(O)COP(=O)(O)OCC(COC(=O)CCCCCCC/C=C\C/C=C\CCC)OC(=O)CCCCCCC/C=C\CCCC)OC(=O)C/C=C\C/C=C\C/C=C\C/C=C\C/C=C\CC. The molecule has 0 aromatic carbocycles. The highest BCUT2D eigenvalue weighted by atomic mass is 31.2. The summed E-state index contributed by atoms with van der Waals surface area (Å²) in [6, 6.07) is 0. The lowest BCUT2D eigenvalue weighted by atomic mass is 10.1. The Labute approximate surface area is 591 Å². The van der Waals surface area contributed by atoms with Crippen LogP contribution in [0.1, 0.15) is 246 Å². The minimum atomic E-state index is -5.02. The normalized spacial score (nSPS) is 15.0. The zero-order valence-corrected chi connectivity index (χ0v) is 61.9. The molecule has 0 aliphatic heterocycles. The minimum Gasteiger partial charge on any atom is -0.462 e. The van der Waals surface area contributed by atoms with E-state index in [1.807, 2.05) is 30.4 Å². The van der Waals surface area contributed by atoms with E-state index in [1.54, 1.807) is 12.2 Å². The Balaban J connectivity index is 5.50. The van der Waals surface area contributed by atoms with Crippen LogP contribution >= 0.6 is 15.6 Å². The van der Waals surface area contributed by atoms with Crippen molar-refractivity contribution in [2.75, 3.05) is 39.6 Å². The van der Waals surface area contributed by atoms with Crippen molar-refractivity contribution in [1.82, 2.24) is 0 Å². The smallest absolute Gasteiger partial charge is 0.462 e. The summed E-state index contributed by atoms with van der Waals surface area (Å²) in [5.41, 5.74) is 0. The Morgan fingerprint density at radius 3 is 1.02 bits per heavy atom. The third-order valence-corrected chi connectivity index (χ3v) is 16.1. The van der Waals surface area contributed by atoms with E-state index >= 15 is 0 Å². The van der Waals surface area contributed by atoms with Crippen molar-refractivity contribution in [3.05, 3.63) is 170 Å². The summed E-state index contributed by atoms with van der Waals surface area (Å²) in [7, 11) is -10.0. The number of aliphatic hydroxyl groups excluding tert-OH is 1. The van der Waals surface area contributed by atoms with E-state index in [2.05, 4.69) is 155 Å². The van der Waals surface area contributed by atoms with Crippen molar-refractivity contribution < 1.29 is 80.2 Å². The standard InChI is InChI=1S/C79H126O17P2/c1-5-9-13-17-21-25-29-32-34-35-36-37-39-41-45-48-52-56-60-64-77(82)90-70-75(96-79(84)66-62-58-54-50-46-42-38-33-30-26-22-18-14-10-6-2)72-94-98(87,88)92-68-73(80)67-91-97(85,86)93-71-74(95-78(83)65-61-57-53-49-43-28-24-20-16-12-8-4)69-89-76(81)63-59-55-51-47-44-40-31-27-23-19-15-11-7-3/h9-10,13-15,19-22,24-27,31-34,36-38,41,45-46,50,52,56,58,62,73-75,80H,5-8,11-12,16-18,23,28-30,35,39-40,42-44,47-49,51,53-55,57,59-61,63-72H2,1-4H3,(H,85,86)(H,87,88)/b13-9-,14-10-,19-15-,24-20-,25-21-,26-22-,31-27-,34-32-,37-36-,38-33-,45-41-,50-46-,56-52-,62-58-. The number of phosphoric ester groups is 2. The molecular weight excluding hydrogens is 1280 g/mol. The van der Waals surface area contributed by atoms with Gasteiger partial charge in [-0.15, -0.1) is 0 Å². The van der Waals surface area contributed by atoms with Gasteiger partial charge in [0.15, 0.2) is 12.2 Å². The molecule has 0 amide bonds. The van der Waals surface area contributed by atoms with Gasteiger partial charge in [0.25, 0.3) is 0 Å². The van der Waals surface area contributed by atoms with Crippen LogP contribution < -0.4 is 0 Å². The number of hydrogen-bond donors (Lipinski definition) is 3. The molecule has 0 aliphatic rings. The van der Waals surface area contributed by atoms with Gasteiger partial charge < -0.3 is 33.8 Å². The lowest BCUT2D eigenvalue weighted by Gasteiger charge is -2.21. The molecule has 3 N–H and O–H groups in total. The molecule has 19 heteroatoms. The second kappa shape index (κ2) is 69.9. The quantitative estimate of drug-likeness (QED) is 0.0169. The molecule has 0 spiro atoms. The lowest BCUT2D eigenvalue weighted by Crippen LogP contribution is -2.30. The van der Waals surface area contributed by atoms with Crippen molar-refractivity contribution in [3.63, 3.8) is 0 Å². The highest BCUT2D eigenvalue weighted by Gasteiger charge is 2.30. The topological polar surface area (TPSA) is 237 Å². The first-order chi connectivity index (χ1) is 47.7. The van der Waals surface area contributed by atoms with Gasteiger partial charge in [0.2, 0.25) is 0 Å². The number of unbranched alkanes of at least 4 members (excludes halogenated alkanes) is 13.